The van der Waals surface area contributed by atoms with Crippen LogP contribution in [-0.2, 0) is 4.74 Å². The van der Waals surface area contributed by atoms with Crippen LogP contribution in [-0.4, -0.2) is 74.1 Å². The Morgan fingerprint density at radius 2 is 2.20 bits per heavy atom. The van der Waals surface area contributed by atoms with Crippen LogP contribution in [0.5, 0.6) is 0 Å². The number of aliphatic hydroxyl groups is 1. The molecule has 1 unspecified atom stereocenters. The van der Waals surface area contributed by atoms with Crippen LogP contribution >= 0.6 is 11.8 Å². The molecule has 0 aromatic heterocycles. The summed E-state index contributed by atoms with van der Waals surface area (Å²) in [6.07, 6.45) is -0.382. The Balaban J connectivity index is 1.91. The monoisotopic (exact) mass is 234 g/mol. The lowest BCUT2D eigenvalue weighted by Gasteiger charge is -2.26. The predicted molar refractivity (Wildman–Crippen MR) is 64.5 cm³/mol. The lowest BCUT2D eigenvalue weighted by Crippen LogP contribution is -2.39. The van der Waals surface area contributed by atoms with Gasteiger partial charge in [-0.2, -0.15) is 11.8 Å². The highest BCUT2D eigenvalue weighted by molar-refractivity contribution is 7.99. The number of hydrogen-bond donors (Lipinski definition) is 2. The quantitative estimate of drug-likeness (QED) is 0.589. The Morgan fingerprint density at radius 1 is 1.47 bits per heavy atom. The van der Waals surface area contributed by atoms with Gasteiger partial charge in [-0.25, -0.2) is 0 Å². The largest absolute Gasteiger partial charge is 0.389 e. The molecule has 0 spiro atoms. The van der Waals surface area contributed by atoms with Crippen molar-refractivity contribution in [1.82, 2.24) is 10.2 Å². The van der Waals surface area contributed by atoms with Gasteiger partial charge in [0.25, 0.3) is 0 Å². The molecular formula is C10H22N2O2S. The number of hydrogen-bond acceptors (Lipinski definition) is 5. The molecule has 0 aliphatic carbocycles. The summed E-state index contributed by atoms with van der Waals surface area (Å²) in [6, 6.07) is 0. The Kier molecular flexibility index (Phi) is 7.38. The summed E-state index contributed by atoms with van der Waals surface area (Å²) < 4.78 is 4.85. The van der Waals surface area contributed by atoms with Crippen LogP contribution in [0, 0.1) is 0 Å². The third-order valence-corrected chi connectivity index (χ3v) is 3.39. The van der Waals surface area contributed by atoms with Gasteiger partial charge in [-0.1, -0.05) is 0 Å². The minimum atomic E-state index is -0.382. The molecule has 1 atom stereocenters. The smallest absolute Gasteiger partial charge is 0.0897 e. The van der Waals surface area contributed by atoms with Gasteiger partial charge in [0.05, 0.1) is 12.7 Å². The highest BCUT2D eigenvalue weighted by Gasteiger charge is 2.09. The molecule has 2 N–H and O–H groups in total. The van der Waals surface area contributed by atoms with Crippen LogP contribution in [0.3, 0.4) is 0 Å². The summed E-state index contributed by atoms with van der Waals surface area (Å²) in [5, 5.41) is 12.6. The summed E-state index contributed by atoms with van der Waals surface area (Å²) in [4.78, 5) is 2.46. The highest BCUT2D eigenvalue weighted by atomic mass is 32.2. The number of nitrogens with zero attached hydrogens (tertiary/aromatic N) is 1. The van der Waals surface area contributed by atoms with Gasteiger partial charge in [0.2, 0.25) is 0 Å². The van der Waals surface area contributed by atoms with E-state index in [0.29, 0.717) is 13.2 Å². The van der Waals surface area contributed by atoms with Crippen molar-refractivity contribution < 1.29 is 9.84 Å². The van der Waals surface area contributed by atoms with E-state index < -0.39 is 0 Å². The molecule has 0 bridgehead atoms. The van der Waals surface area contributed by atoms with Gasteiger partial charge in [0.15, 0.2) is 0 Å². The lowest BCUT2D eigenvalue weighted by atomic mass is 10.3. The zero-order chi connectivity index (χ0) is 10.9. The summed E-state index contributed by atoms with van der Waals surface area (Å²) in [5.74, 6) is 2.51. The van der Waals surface area contributed by atoms with E-state index in [1.807, 2.05) is 11.8 Å². The molecule has 1 fully saturated rings. The Morgan fingerprint density at radius 3 is 2.87 bits per heavy atom. The van der Waals surface area contributed by atoms with E-state index >= 15 is 0 Å². The first kappa shape index (κ1) is 13.3. The van der Waals surface area contributed by atoms with Crippen LogP contribution in [0.1, 0.15) is 0 Å². The molecule has 5 heteroatoms. The Bertz CT molecular complexity index is 154. The number of ether oxygens (including phenoxy) is 1. The SMILES string of the molecule is COCC(O)CNCCN1CCSCC1. The van der Waals surface area contributed by atoms with Crippen LogP contribution < -0.4 is 5.32 Å². The van der Waals surface area contributed by atoms with E-state index in [2.05, 4.69) is 10.2 Å². The normalized spacial score (nSPS) is 20.4. The fraction of sp³-hybridized carbons (Fsp3) is 1.00. The van der Waals surface area contributed by atoms with Crippen molar-refractivity contribution in [2.75, 3.05) is 57.9 Å². The first-order valence-electron chi connectivity index (χ1n) is 5.50. The maximum absolute atomic E-state index is 9.38. The second-order valence-electron chi connectivity index (χ2n) is 3.77. The number of methoxy groups -OCH3 is 1. The van der Waals surface area contributed by atoms with E-state index in [4.69, 9.17) is 4.74 Å². The molecule has 0 radical (unpaired) electrons. The van der Waals surface area contributed by atoms with Gasteiger partial charge in [0.1, 0.15) is 0 Å². The van der Waals surface area contributed by atoms with E-state index in [-0.39, 0.29) is 6.10 Å². The Hall–Kier alpha value is 0.190. The zero-order valence-corrected chi connectivity index (χ0v) is 10.3. The second-order valence-corrected chi connectivity index (χ2v) is 4.99. The van der Waals surface area contributed by atoms with Crippen LogP contribution in [0.4, 0.5) is 0 Å². The summed E-state index contributed by atoms with van der Waals surface area (Å²) in [6.45, 7) is 5.47. The van der Waals surface area contributed by atoms with E-state index in [1.165, 1.54) is 24.6 Å². The molecule has 90 valence electrons. The summed E-state index contributed by atoms with van der Waals surface area (Å²) in [7, 11) is 1.61. The number of thioether (sulfide) groups is 1. The molecule has 1 aliphatic heterocycles. The average molecular weight is 234 g/mol. The minimum absolute atomic E-state index is 0.382. The first-order valence-corrected chi connectivity index (χ1v) is 6.66. The average Bonchev–Trinajstić information content (AvgIpc) is 2.26. The molecule has 1 aliphatic rings. The number of aliphatic hydroxyl groups excluding tert-OH is 1. The van der Waals surface area contributed by atoms with E-state index in [9.17, 15) is 5.11 Å². The van der Waals surface area contributed by atoms with Crippen molar-refractivity contribution in [3.05, 3.63) is 0 Å². The van der Waals surface area contributed by atoms with Crippen molar-refractivity contribution in [2.24, 2.45) is 0 Å². The standard InChI is InChI=1S/C10H22N2O2S/c1-14-9-10(13)8-11-2-3-12-4-6-15-7-5-12/h10-11,13H,2-9H2,1H3. The topological polar surface area (TPSA) is 44.7 Å². The zero-order valence-electron chi connectivity index (χ0n) is 9.45. The third kappa shape index (κ3) is 6.37. The third-order valence-electron chi connectivity index (χ3n) is 2.45. The molecule has 0 aromatic carbocycles. The molecule has 0 amide bonds. The van der Waals surface area contributed by atoms with E-state index in [0.717, 1.165) is 13.1 Å². The van der Waals surface area contributed by atoms with Gasteiger partial charge in [-0.3, -0.25) is 0 Å². The van der Waals surface area contributed by atoms with Crippen LogP contribution in [0.2, 0.25) is 0 Å². The molecule has 1 heterocycles. The minimum Gasteiger partial charge on any atom is -0.389 e. The van der Waals surface area contributed by atoms with Crippen molar-refractivity contribution in [2.45, 2.75) is 6.10 Å². The molecule has 0 aromatic rings. The van der Waals surface area contributed by atoms with Gasteiger partial charge >= 0.3 is 0 Å². The maximum Gasteiger partial charge on any atom is 0.0897 e. The predicted octanol–water partition coefficient (Wildman–Crippen LogP) is -0.368. The van der Waals surface area contributed by atoms with Gasteiger partial charge in [0, 0.05) is 51.3 Å². The van der Waals surface area contributed by atoms with Crippen molar-refractivity contribution >= 4 is 11.8 Å². The van der Waals surface area contributed by atoms with Crippen LogP contribution in [0.25, 0.3) is 0 Å². The first-order chi connectivity index (χ1) is 7.33. The van der Waals surface area contributed by atoms with Crippen LogP contribution in [0.15, 0.2) is 0 Å². The Labute approximate surface area is 96.4 Å². The molecule has 15 heavy (non-hydrogen) atoms. The second kappa shape index (κ2) is 8.35. The van der Waals surface area contributed by atoms with Gasteiger partial charge in [-0.15, -0.1) is 0 Å². The highest BCUT2D eigenvalue weighted by Crippen LogP contribution is 2.07. The fourth-order valence-electron chi connectivity index (χ4n) is 1.58. The number of nitrogens with one attached hydrogen (secondary N) is 1. The molecule has 1 rings (SSSR count). The number of rotatable bonds is 7. The van der Waals surface area contributed by atoms with Crippen molar-refractivity contribution in [3.63, 3.8) is 0 Å². The van der Waals surface area contributed by atoms with Crippen molar-refractivity contribution in [1.29, 1.82) is 0 Å². The maximum atomic E-state index is 9.38. The summed E-state index contributed by atoms with van der Waals surface area (Å²) >= 11 is 2.03. The lowest BCUT2D eigenvalue weighted by molar-refractivity contribution is 0.0643. The van der Waals surface area contributed by atoms with Gasteiger partial charge in [-0.05, 0) is 0 Å². The molecule has 4 nitrogen and oxygen atoms in total. The molecule has 1 saturated heterocycles. The summed E-state index contributed by atoms with van der Waals surface area (Å²) in [5.41, 5.74) is 0. The molecule has 0 saturated carbocycles. The fourth-order valence-corrected chi connectivity index (χ4v) is 2.56. The van der Waals surface area contributed by atoms with Crippen molar-refractivity contribution in [3.8, 4) is 0 Å². The molecular weight excluding hydrogens is 212 g/mol. The van der Waals surface area contributed by atoms with Gasteiger partial charge < -0.3 is 20.1 Å². The van der Waals surface area contributed by atoms with E-state index in [1.54, 1.807) is 7.11 Å².